The maximum absolute atomic E-state index is 13.0. The van der Waals surface area contributed by atoms with Gasteiger partial charge in [0.1, 0.15) is 5.82 Å². The van der Waals surface area contributed by atoms with Crippen molar-refractivity contribution < 1.29 is 9.42 Å². The van der Waals surface area contributed by atoms with E-state index < -0.39 is 16.8 Å². The van der Waals surface area contributed by atoms with Gasteiger partial charge in [-0.05, 0) is 6.07 Å². The lowest BCUT2D eigenvalue weighted by Crippen LogP contribution is -2.35. The molecule has 0 saturated carbocycles. The molecule has 0 aliphatic carbocycles. The fourth-order valence-corrected chi connectivity index (χ4v) is 0.849. The smallest absolute Gasteiger partial charge is 0.275 e. The third-order valence-electron chi connectivity index (χ3n) is 1.47. The van der Waals surface area contributed by atoms with Crippen molar-refractivity contribution in [1.82, 2.24) is 5.43 Å². The van der Waals surface area contributed by atoms with Gasteiger partial charge in [-0.25, -0.2) is 14.5 Å². The number of nitrogens with two attached hydrogens (primary N) is 1. The molecule has 0 aromatic heterocycles. The van der Waals surface area contributed by atoms with Gasteiger partial charge < -0.3 is 5.73 Å². The number of rotatable bonds is 3. The first-order chi connectivity index (χ1) is 7.59. The molecule has 1 aromatic carbocycles. The van der Waals surface area contributed by atoms with Gasteiger partial charge in [0.2, 0.25) is 0 Å². The van der Waals surface area contributed by atoms with Crippen LogP contribution in [0.2, 0.25) is 0 Å². The third-order valence-corrected chi connectivity index (χ3v) is 1.47. The van der Waals surface area contributed by atoms with E-state index in [0.717, 1.165) is 6.21 Å². The highest BCUT2D eigenvalue weighted by Gasteiger charge is 1.98. The molecule has 0 fully saturated rings. The standard InChI is InChI=1S/C8H8FN5O2/c9-7-4-2-1-3-6(7)5-11-12-8(10)13-14(15)16/h1-5H,(H3,10,12,13)/b11-5-. The number of nitrogens with zero attached hydrogens (tertiary/aromatic N) is 3. The number of halogens is 1. The second kappa shape index (κ2) is 5.39. The zero-order valence-corrected chi connectivity index (χ0v) is 8.00. The number of nitro groups is 1. The molecule has 1 rings (SSSR count). The van der Waals surface area contributed by atoms with Gasteiger partial charge in [-0.2, -0.15) is 5.10 Å². The topological polar surface area (TPSA) is 106 Å². The van der Waals surface area contributed by atoms with E-state index >= 15 is 0 Å². The van der Waals surface area contributed by atoms with Crippen LogP contribution in [0.1, 0.15) is 5.56 Å². The number of guanidine groups is 1. The van der Waals surface area contributed by atoms with Crippen LogP contribution in [0.3, 0.4) is 0 Å². The Morgan fingerprint density at radius 2 is 2.25 bits per heavy atom. The first kappa shape index (κ1) is 11.6. The van der Waals surface area contributed by atoms with Crippen LogP contribution in [-0.4, -0.2) is 17.2 Å². The minimum absolute atomic E-state index is 0.208. The minimum Gasteiger partial charge on any atom is -0.364 e. The lowest BCUT2D eigenvalue weighted by atomic mass is 10.2. The predicted octanol–water partition coefficient (Wildman–Crippen LogP) is 0.256. The Kier molecular flexibility index (Phi) is 3.90. The Bertz CT molecular complexity index is 446. The van der Waals surface area contributed by atoms with E-state index in [1.165, 1.54) is 18.2 Å². The fourth-order valence-electron chi connectivity index (χ4n) is 0.849. The molecule has 7 nitrogen and oxygen atoms in total. The normalized spacial score (nSPS) is 11.7. The average Bonchev–Trinajstić information content (AvgIpc) is 2.19. The maximum atomic E-state index is 13.0. The Morgan fingerprint density at radius 1 is 1.56 bits per heavy atom. The molecule has 0 unspecified atom stereocenters. The monoisotopic (exact) mass is 225 g/mol. The van der Waals surface area contributed by atoms with E-state index in [-0.39, 0.29) is 5.56 Å². The largest absolute Gasteiger partial charge is 0.364 e. The van der Waals surface area contributed by atoms with Crippen molar-refractivity contribution in [3.63, 3.8) is 0 Å². The molecule has 8 heteroatoms. The van der Waals surface area contributed by atoms with Gasteiger partial charge in [0, 0.05) is 5.56 Å². The van der Waals surface area contributed by atoms with Crippen LogP contribution in [0.4, 0.5) is 4.39 Å². The molecule has 84 valence electrons. The first-order valence-electron chi connectivity index (χ1n) is 4.11. The maximum Gasteiger partial charge on any atom is 0.275 e. The summed E-state index contributed by atoms with van der Waals surface area (Å²) in [6.45, 7) is 0. The molecular weight excluding hydrogens is 217 g/mol. The number of nitrogens with one attached hydrogen (secondary N) is 1. The van der Waals surface area contributed by atoms with E-state index in [4.69, 9.17) is 5.73 Å². The number of hydrogen-bond donors (Lipinski definition) is 2. The van der Waals surface area contributed by atoms with E-state index in [1.54, 1.807) is 11.5 Å². The molecule has 16 heavy (non-hydrogen) atoms. The molecule has 0 heterocycles. The van der Waals surface area contributed by atoms with Gasteiger partial charge in [0.15, 0.2) is 5.03 Å². The van der Waals surface area contributed by atoms with Crippen LogP contribution in [0.5, 0.6) is 0 Å². The summed E-state index contributed by atoms with van der Waals surface area (Å²) < 4.78 is 13.0. The molecule has 0 radical (unpaired) electrons. The second-order valence-electron chi connectivity index (χ2n) is 2.62. The van der Waals surface area contributed by atoms with Gasteiger partial charge in [0.05, 0.1) is 6.21 Å². The summed E-state index contributed by atoms with van der Waals surface area (Å²) in [5.41, 5.74) is 6.86. The molecule has 0 bridgehead atoms. The van der Waals surface area contributed by atoms with Crippen molar-refractivity contribution in [3.8, 4) is 0 Å². The van der Waals surface area contributed by atoms with Crippen molar-refractivity contribution in [2.75, 3.05) is 0 Å². The third kappa shape index (κ3) is 3.70. The quantitative estimate of drug-likeness (QED) is 0.333. The first-order valence-corrected chi connectivity index (χ1v) is 4.11. The molecule has 0 saturated heterocycles. The van der Waals surface area contributed by atoms with Gasteiger partial charge in [-0.1, -0.05) is 23.6 Å². The molecule has 0 atom stereocenters. The van der Waals surface area contributed by atoms with Crippen LogP contribution in [0.25, 0.3) is 0 Å². The highest BCUT2D eigenvalue weighted by molar-refractivity contribution is 5.81. The molecule has 0 aliphatic heterocycles. The Hall–Kier alpha value is -2.51. The van der Waals surface area contributed by atoms with Crippen LogP contribution in [0, 0.1) is 15.9 Å². The number of hydrogen-bond acceptors (Lipinski definition) is 4. The zero-order chi connectivity index (χ0) is 12.0. The summed E-state index contributed by atoms with van der Waals surface area (Å²) in [6.07, 6.45) is 1.10. The van der Waals surface area contributed by atoms with Crippen LogP contribution in [0.15, 0.2) is 34.5 Å². The number of benzene rings is 1. The van der Waals surface area contributed by atoms with Crippen LogP contribution in [-0.2, 0) is 0 Å². The van der Waals surface area contributed by atoms with Gasteiger partial charge in [-0.15, -0.1) is 5.10 Å². The van der Waals surface area contributed by atoms with Crippen LogP contribution >= 0.6 is 0 Å². The second-order valence-corrected chi connectivity index (χ2v) is 2.62. The Labute approximate surface area is 89.6 Å². The molecule has 0 spiro atoms. The summed E-state index contributed by atoms with van der Waals surface area (Å²) in [4.78, 5) is 9.92. The van der Waals surface area contributed by atoms with E-state index in [1.807, 2.05) is 0 Å². The average molecular weight is 225 g/mol. The van der Waals surface area contributed by atoms with E-state index in [9.17, 15) is 14.5 Å². The van der Waals surface area contributed by atoms with Crippen LogP contribution < -0.4 is 11.2 Å². The molecule has 1 aromatic rings. The molecule has 0 aliphatic rings. The van der Waals surface area contributed by atoms with Gasteiger partial charge in [-0.3, -0.25) is 0 Å². The highest BCUT2D eigenvalue weighted by Crippen LogP contribution is 2.02. The van der Waals surface area contributed by atoms with Crippen molar-refractivity contribution in [1.29, 1.82) is 0 Å². The molecular formula is C8H8FN5O2. The van der Waals surface area contributed by atoms with Crippen molar-refractivity contribution in [3.05, 3.63) is 45.8 Å². The van der Waals surface area contributed by atoms with Crippen molar-refractivity contribution in [2.24, 2.45) is 15.9 Å². The summed E-state index contributed by atoms with van der Waals surface area (Å²) in [5.74, 6) is -0.958. The Morgan fingerprint density at radius 3 is 2.88 bits per heavy atom. The van der Waals surface area contributed by atoms with Gasteiger partial charge in [0.25, 0.3) is 5.96 Å². The number of hydrazine groups is 1. The van der Waals surface area contributed by atoms with Crippen molar-refractivity contribution >= 4 is 12.2 Å². The predicted molar refractivity (Wildman–Crippen MR) is 55.7 cm³/mol. The van der Waals surface area contributed by atoms with E-state index in [2.05, 4.69) is 10.2 Å². The highest BCUT2D eigenvalue weighted by atomic mass is 19.1. The Balaban J connectivity index is 2.68. The zero-order valence-electron chi connectivity index (χ0n) is 8.00. The van der Waals surface area contributed by atoms with E-state index in [0.29, 0.717) is 0 Å². The van der Waals surface area contributed by atoms with Gasteiger partial charge >= 0.3 is 0 Å². The summed E-state index contributed by atoms with van der Waals surface area (Å²) in [7, 11) is 0. The minimum atomic E-state index is -0.878. The summed E-state index contributed by atoms with van der Waals surface area (Å²) in [6, 6.07) is 5.88. The lowest BCUT2D eigenvalue weighted by Gasteiger charge is -1.93. The molecule has 0 amide bonds. The summed E-state index contributed by atoms with van der Waals surface area (Å²) >= 11 is 0. The SMILES string of the molecule is NC(=N/N=C\c1ccccc1F)N[N+](=O)[O-]. The lowest BCUT2D eigenvalue weighted by molar-refractivity contribution is -0.525. The molecule has 3 N–H and O–H groups in total. The van der Waals surface area contributed by atoms with Crippen molar-refractivity contribution in [2.45, 2.75) is 0 Å². The fraction of sp³-hybridized carbons (Fsp3) is 0. The summed E-state index contributed by atoms with van der Waals surface area (Å²) in [5, 5.41) is 15.7.